The van der Waals surface area contributed by atoms with E-state index in [4.69, 9.17) is 22.3 Å². The molecule has 8 N–H and O–H groups in total. The molecule has 1 rings (SSSR count). The van der Waals surface area contributed by atoms with Gasteiger partial charge in [-0.1, -0.05) is 30.3 Å². The van der Waals surface area contributed by atoms with Gasteiger partial charge in [0, 0.05) is 5.56 Å². The van der Waals surface area contributed by atoms with Crippen LogP contribution >= 0.6 is 24.8 Å². The predicted octanol–water partition coefficient (Wildman–Crippen LogP) is 0.186. The molecule has 0 aromatic heterocycles. The fraction of sp³-hybridized carbons (Fsp3) is 0. The maximum absolute atomic E-state index is 7.04. The first-order chi connectivity index (χ1) is 8.59. The number of halogens is 2. The minimum Gasteiger partial charge on any atom is -0.369 e. The molecule has 10 heteroatoms. The van der Waals surface area contributed by atoms with Crippen LogP contribution in [0.1, 0.15) is 5.56 Å². The zero-order valence-electron chi connectivity index (χ0n) is 10.3. The van der Waals surface area contributed by atoms with Crippen molar-refractivity contribution >= 4 is 48.7 Å². The molecule has 0 saturated heterocycles. The van der Waals surface area contributed by atoms with Crippen molar-refractivity contribution in [3.05, 3.63) is 35.9 Å². The summed E-state index contributed by atoms with van der Waals surface area (Å²) in [5, 5.41) is 21.6. The zero-order valence-corrected chi connectivity index (χ0v) is 12.0. The van der Waals surface area contributed by atoms with Crippen molar-refractivity contribution in [1.29, 1.82) is 10.8 Å². The van der Waals surface area contributed by atoms with E-state index >= 15 is 0 Å². The van der Waals surface area contributed by atoms with E-state index < -0.39 is 0 Å². The summed E-state index contributed by atoms with van der Waals surface area (Å²) in [6.45, 7) is 0. The van der Waals surface area contributed by atoms with E-state index in [2.05, 4.69) is 21.1 Å². The van der Waals surface area contributed by atoms with E-state index in [1.165, 1.54) is 6.21 Å². The highest BCUT2D eigenvalue weighted by Gasteiger charge is 2.00. The maximum atomic E-state index is 7.04. The highest BCUT2D eigenvalue weighted by atomic mass is 35.5. The van der Waals surface area contributed by atoms with Crippen molar-refractivity contribution in [2.45, 2.75) is 0 Å². The third-order valence-corrected chi connectivity index (χ3v) is 1.74. The van der Waals surface area contributed by atoms with Gasteiger partial charge in [0.2, 0.25) is 11.9 Å². The Kier molecular flexibility index (Phi) is 10.6. The second-order valence-corrected chi connectivity index (χ2v) is 3.17. The van der Waals surface area contributed by atoms with Gasteiger partial charge in [-0.05, 0) is 0 Å². The quantitative estimate of drug-likeness (QED) is 0.267. The monoisotopic (exact) mass is 318 g/mol. The number of nitrogens with zero attached hydrogens (tertiary/aromatic N) is 2. The number of rotatable bonds is 4. The topological polar surface area (TPSA) is 149 Å². The summed E-state index contributed by atoms with van der Waals surface area (Å²) < 4.78 is 0. The third kappa shape index (κ3) is 7.90. The number of hydrogen-bond acceptors (Lipinski definition) is 4. The predicted molar refractivity (Wildman–Crippen MR) is 86.1 cm³/mol. The lowest BCUT2D eigenvalue weighted by Crippen LogP contribution is -2.28. The lowest BCUT2D eigenvalue weighted by molar-refractivity contribution is 0.989. The van der Waals surface area contributed by atoms with Crippen LogP contribution in [0.4, 0.5) is 0 Å². The van der Waals surface area contributed by atoms with Gasteiger partial charge in [0.25, 0.3) is 0 Å². The van der Waals surface area contributed by atoms with Gasteiger partial charge in [-0.2, -0.15) is 10.2 Å². The Bertz CT molecular complexity index is 485. The summed E-state index contributed by atoms with van der Waals surface area (Å²) in [4.78, 5) is 0. The zero-order chi connectivity index (χ0) is 13.4. The van der Waals surface area contributed by atoms with Crippen molar-refractivity contribution in [1.82, 2.24) is 10.9 Å². The summed E-state index contributed by atoms with van der Waals surface area (Å²) in [5.41, 5.74) is 16.1. The van der Waals surface area contributed by atoms with Gasteiger partial charge >= 0.3 is 0 Å². The van der Waals surface area contributed by atoms with Crippen LogP contribution in [0, 0.1) is 10.8 Å². The minimum atomic E-state index is -0.281. The fourth-order valence-corrected chi connectivity index (χ4v) is 1.06. The van der Waals surface area contributed by atoms with Crippen molar-refractivity contribution in [2.75, 3.05) is 0 Å². The van der Waals surface area contributed by atoms with Crippen LogP contribution in [0.5, 0.6) is 0 Å². The number of hydrazone groups is 2. The molecule has 0 aliphatic heterocycles. The first-order valence-electron chi connectivity index (χ1n) is 4.96. The smallest absolute Gasteiger partial charge is 0.206 e. The molecule has 0 aliphatic carbocycles. The molecular weight excluding hydrogens is 303 g/mol. The van der Waals surface area contributed by atoms with Gasteiger partial charge in [0.05, 0.1) is 6.21 Å². The van der Waals surface area contributed by atoms with E-state index in [1.54, 1.807) is 0 Å². The highest BCUT2D eigenvalue weighted by molar-refractivity contribution is 6.38. The van der Waals surface area contributed by atoms with E-state index in [0.29, 0.717) is 5.71 Å². The Morgan fingerprint density at radius 3 is 2.05 bits per heavy atom. The second kappa shape index (κ2) is 10.6. The van der Waals surface area contributed by atoms with Crippen LogP contribution in [0.2, 0.25) is 0 Å². The lowest BCUT2D eigenvalue weighted by Gasteiger charge is -2.02. The van der Waals surface area contributed by atoms with Gasteiger partial charge < -0.3 is 11.5 Å². The van der Waals surface area contributed by atoms with E-state index in [9.17, 15) is 0 Å². The summed E-state index contributed by atoms with van der Waals surface area (Å²) in [7, 11) is 0. The Hall–Kier alpha value is -2.32. The molecule has 0 radical (unpaired) electrons. The molecule has 110 valence electrons. The van der Waals surface area contributed by atoms with Crippen molar-refractivity contribution in [3.8, 4) is 0 Å². The first kappa shape index (κ1) is 20.0. The van der Waals surface area contributed by atoms with Crippen LogP contribution in [0.15, 0.2) is 40.5 Å². The summed E-state index contributed by atoms with van der Waals surface area (Å²) >= 11 is 0. The summed E-state index contributed by atoms with van der Waals surface area (Å²) in [5.74, 6) is -0.561. The lowest BCUT2D eigenvalue weighted by atomic mass is 10.1. The molecule has 0 amide bonds. The Morgan fingerprint density at radius 2 is 1.55 bits per heavy atom. The fourth-order valence-electron chi connectivity index (χ4n) is 1.06. The van der Waals surface area contributed by atoms with Crippen LogP contribution in [0.25, 0.3) is 0 Å². The number of benzene rings is 1. The molecule has 0 saturated carbocycles. The maximum Gasteiger partial charge on any atom is 0.206 e. The molecule has 8 nitrogen and oxygen atoms in total. The number of guanidine groups is 2. The van der Waals surface area contributed by atoms with E-state index in [0.717, 1.165) is 5.56 Å². The molecule has 1 aromatic carbocycles. The largest absolute Gasteiger partial charge is 0.369 e. The standard InChI is InChI=1S/C10H14N8.2ClH/c11-9(12)17-15-6-8(16-18-10(13)14)7-4-2-1-3-5-7;;/h1-6H,(H4,11,12,17)(H4,13,14,18);2*1H. The van der Waals surface area contributed by atoms with Crippen LogP contribution < -0.4 is 22.3 Å². The Balaban J connectivity index is 0. The average molecular weight is 319 g/mol. The second-order valence-electron chi connectivity index (χ2n) is 3.17. The third-order valence-electron chi connectivity index (χ3n) is 1.74. The van der Waals surface area contributed by atoms with Crippen LogP contribution in [-0.4, -0.2) is 23.8 Å². The van der Waals surface area contributed by atoms with Gasteiger partial charge in [0.1, 0.15) is 5.71 Å². The van der Waals surface area contributed by atoms with Crippen molar-refractivity contribution < 1.29 is 0 Å². The first-order valence-corrected chi connectivity index (χ1v) is 4.96. The Morgan fingerprint density at radius 1 is 1.00 bits per heavy atom. The molecule has 1 aromatic rings. The molecular formula is C10H16Cl2N8. The number of nitrogens with one attached hydrogen (secondary N) is 4. The molecule has 0 heterocycles. The van der Waals surface area contributed by atoms with E-state index in [-0.39, 0.29) is 36.7 Å². The molecule has 0 fully saturated rings. The molecule has 0 atom stereocenters. The van der Waals surface area contributed by atoms with Gasteiger partial charge in [-0.15, -0.1) is 24.8 Å². The van der Waals surface area contributed by atoms with Gasteiger partial charge in [-0.25, -0.2) is 10.9 Å². The summed E-state index contributed by atoms with van der Waals surface area (Å²) in [6, 6.07) is 9.18. The van der Waals surface area contributed by atoms with Crippen molar-refractivity contribution in [2.24, 2.45) is 21.7 Å². The molecule has 0 aliphatic rings. The Labute approximate surface area is 128 Å². The molecule has 20 heavy (non-hydrogen) atoms. The van der Waals surface area contributed by atoms with E-state index in [1.807, 2.05) is 30.3 Å². The van der Waals surface area contributed by atoms with Crippen LogP contribution in [0.3, 0.4) is 0 Å². The minimum absolute atomic E-state index is 0. The van der Waals surface area contributed by atoms with Gasteiger partial charge in [0.15, 0.2) is 0 Å². The average Bonchev–Trinajstić information content (AvgIpc) is 2.34. The molecule has 0 bridgehead atoms. The number of hydrogen-bond donors (Lipinski definition) is 6. The van der Waals surface area contributed by atoms with Gasteiger partial charge in [-0.3, -0.25) is 10.8 Å². The van der Waals surface area contributed by atoms with Crippen LogP contribution in [-0.2, 0) is 0 Å². The van der Waals surface area contributed by atoms with Crippen molar-refractivity contribution in [3.63, 3.8) is 0 Å². The SMILES string of the molecule is Cl.Cl.N=C(N)NN=CC(=NNC(=N)N)c1ccccc1. The summed E-state index contributed by atoms with van der Waals surface area (Å²) in [6.07, 6.45) is 1.37. The normalized spacial score (nSPS) is 10.1. The number of nitrogens with two attached hydrogens (primary N) is 2. The molecule has 0 unspecified atom stereocenters. The highest BCUT2D eigenvalue weighted by Crippen LogP contribution is 1.99. The molecule has 0 spiro atoms.